The summed E-state index contributed by atoms with van der Waals surface area (Å²) in [7, 11) is 0. The molecule has 0 unspecified atom stereocenters. The van der Waals surface area contributed by atoms with Crippen LogP contribution in [0.5, 0.6) is 0 Å². The average molecular weight is 261 g/mol. The monoisotopic (exact) mass is 260 g/mol. The van der Waals surface area contributed by atoms with Gasteiger partial charge < -0.3 is 9.47 Å². The molecule has 0 saturated heterocycles. The third-order valence-electron chi connectivity index (χ3n) is 2.58. The summed E-state index contributed by atoms with van der Waals surface area (Å²) in [5.74, 6) is 0.359. The summed E-state index contributed by atoms with van der Waals surface area (Å²) < 4.78 is 11.2. The lowest BCUT2D eigenvalue weighted by atomic mass is 9.98. The summed E-state index contributed by atoms with van der Waals surface area (Å²) in [4.78, 5) is 11.1. The van der Waals surface area contributed by atoms with E-state index in [0.29, 0.717) is 10.4 Å². The molecule has 1 aliphatic heterocycles. The fourth-order valence-electron chi connectivity index (χ4n) is 1.79. The van der Waals surface area contributed by atoms with Gasteiger partial charge in [-0.2, -0.15) is 0 Å². The third-order valence-corrected chi connectivity index (χ3v) is 3.35. The molecule has 14 heavy (non-hydrogen) atoms. The molecular weight excluding hydrogens is 248 g/mol. The molecule has 1 fully saturated rings. The zero-order valence-electron chi connectivity index (χ0n) is 7.92. The Morgan fingerprint density at radius 3 is 2.57 bits per heavy atom. The van der Waals surface area contributed by atoms with E-state index in [4.69, 9.17) is 9.47 Å². The van der Waals surface area contributed by atoms with Gasteiger partial charge in [-0.1, -0.05) is 6.42 Å². The van der Waals surface area contributed by atoms with Gasteiger partial charge in [0.05, 0.1) is 0 Å². The van der Waals surface area contributed by atoms with Crippen molar-refractivity contribution in [3.8, 4) is 0 Å². The lowest BCUT2D eigenvalue weighted by Crippen LogP contribution is -2.16. The van der Waals surface area contributed by atoms with Crippen molar-refractivity contribution in [1.29, 1.82) is 0 Å². The average Bonchev–Trinajstić information content (AvgIpc) is 2.52. The van der Waals surface area contributed by atoms with Crippen molar-refractivity contribution < 1.29 is 14.3 Å². The van der Waals surface area contributed by atoms with Crippen LogP contribution in [0.15, 0.2) is 10.4 Å². The summed E-state index contributed by atoms with van der Waals surface area (Å²) >= 11 is 3.18. The summed E-state index contributed by atoms with van der Waals surface area (Å²) in [5, 5.41) is 0. The summed E-state index contributed by atoms with van der Waals surface area (Å²) in [6.45, 7) is 0.114. The first-order valence-corrected chi connectivity index (χ1v) is 5.79. The van der Waals surface area contributed by atoms with Gasteiger partial charge in [0.1, 0.15) is 10.6 Å². The first kappa shape index (κ1) is 10.0. The Labute approximate surface area is 91.6 Å². The molecule has 0 spiro atoms. The van der Waals surface area contributed by atoms with Crippen LogP contribution >= 0.6 is 15.9 Å². The van der Waals surface area contributed by atoms with E-state index in [9.17, 15) is 4.79 Å². The SMILES string of the molecule is O=C1COC(OC2CCCCC2)=C1Br. The second-order valence-corrected chi connectivity index (χ2v) is 4.48. The fraction of sp³-hybridized carbons (Fsp3) is 0.700. The van der Waals surface area contributed by atoms with Crippen LogP contribution < -0.4 is 0 Å². The van der Waals surface area contributed by atoms with Crippen molar-refractivity contribution >= 4 is 21.7 Å². The molecule has 0 atom stereocenters. The third kappa shape index (κ3) is 2.11. The van der Waals surface area contributed by atoms with E-state index < -0.39 is 0 Å². The van der Waals surface area contributed by atoms with Crippen LogP contribution in [0.25, 0.3) is 0 Å². The van der Waals surface area contributed by atoms with Crippen molar-refractivity contribution in [1.82, 2.24) is 0 Å². The van der Waals surface area contributed by atoms with E-state index in [1.54, 1.807) is 0 Å². The maximum Gasteiger partial charge on any atom is 0.298 e. The zero-order chi connectivity index (χ0) is 9.97. The number of halogens is 1. The molecule has 0 aromatic rings. The molecule has 78 valence electrons. The van der Waals surface area contributed by atoms with Crippen LogP contribution in [0.4, 0.5) is 0 Å². The van der Waals surface area contributed by atoms with Gasteiger partial charge in [0.2, 0.25) is 5.78 Å². The molecule has 0 amide bonds. The number of hydrogen-bond acceptors (Lipinski definition) is 3. The minimum atomic E-state index is -0.0317. The molecule has 3 nitrogen and oxygen atoms in total. The standard InChI is InChI=1S/C10H13BrO3/c11-9-8(12)6-13-10(9)14-7-4-2-1-3-5-7/h7H,1-6H2. The number of ether oxygens (including phenoxy) is 2. The Kier molecular flexibility index (Phi) is 3.11. The Morgan fingerprint density at radius 1 is 1.29 bits per heavy atom. The van der Waals surface area contributed by atoms with Crippen molar-refractivity contribution in [2.75, 3.05) is 6.61 Å². The molecule has 2 rings (SSSR count). The molecule has 0 N–H and O–H groups in total. The highest BCUT2D eigenvalue weighted by molar-refractivity contribution is 9.12. The molecule has 4 heteroatoms. The second-order valence-electron chi connectivity index (χ2n) is 3.69. The Bertz CT molecular complexity index is 267. The Balaban J connectivity index is 1.93. The van der Waals surface area contributed by atoms with Crippen LogP contribution in [0.1, 0.15) is 32.1 Å². The number of carbonyl (C=O) groups is 1. The largest absolute Gasteiger partial charge is 0.461 e. The van der Waals surface area contributed by atoms with Crippen molar-refractivity contribution in [2.45, 2.75) is 38.2 Å². The number of rotatable bonds is 2. The molecule has 2 aliphatic rings. The van der Waals surface area contributed by atoms with E-state index >= 15 is 0 Å². The van der Waals surface area contributed by atoms with Gasteiger partial charge in [-0.05, 0) is 41.6 Å². The van der Waals surface area contributed by atoms with Crippen LogP contribution in [0, 0.1) is 0 Å². The van der Waals surface area contributed by atoms with Gasteiger partial charge in [-0.15, -0.1) is 0 Å². The zero-order valence-corrected chi connectivity index (χ0v) is 9.51. The lowest BCUT2D eigenvalue weighted by molar-refractivity contribution is -0.116. The molecular formula is C10H13BrO3. The molecule has 0 aromatic carbocycles. The number of Topliss-reactive ketones (excluding diaryl/α,β-unsaturated/α-hetero) is 1. The fourth-order valence-corrected chi connectivity index (χ4v) is 2.11. The highest BCUT2D eigenvalue weighted by atomic mass is 79.9. The van der Waals surface area contributed by atoms with Crippen LogP contribution in [-0.2, 0) is 14.3 Å². The van der Waals surface area contributed by atoms with Gasteiger partial charge in [0, 0.05) is 0 Å². The summed E-state index contributed by atoms with van der Waals surface area (Å²) in [5.41, 5.74) is 0. The topological polar surface area (TPSA) is 35.5 Å². The van der Waals surface area contributed by atoms with Gasteiger partial charge >= 0.3 is 0 Å². The van der Waals surface area contributed by atoms with Gasteiger partial charge in [-0.3, -0.25) is 4.79 Å². The maximum absolute atomic E-state index is 11.1. The van der Waals surface area contributed by atoms with Crippen molar-refractivity contribution in [3.05, 3.63) is 10.4 Å². The Hall–Kier alpha value is -0.510. The minimum Gasteiger partial charge on any atom is -0.461 e. The van der Waals surface area contributed by atoms with E-state index in [-0.39, 0.29) is 18.5 Å². The van der Waals surface area contributed by atoms with E-state index in [2.05, 4.69) is 15.9 Å². The molecule has 1 heterocycles. The van der Waals surface area contributed by atoms with E-state index in [1.807, 2.05) is 0 Å². The highest BCUT2D eigenvalue weighted by Crippen LogP contribution is 2.28. The summed E-state index contributed by atoms with van der Waals surface area (Å²) in [6.07, 6.45) is 6.09. The van der Waals surface area contributed by atoms with Gasteiger partial charge in [0.15, 0.2) is 6.61 Å². The second kappa shape index (κ2) is 4.34. The van der Waals surface area contributed by atoms with Crippen molar-refractivity contribution in [2.24, 2.45) is 0 Å². The smallest absolute Gasteiger partial charge is 0.298 e. The van der Waals surface area contributed by atoms with Gasteiger partial charge in [-0.25, -0.2) is 0 Å². The van der Waals surface area contributed by atoms with E-state index in [0.717, 1.165) is 12.8 Å². The van der Waals surface area contributed by atoms with Crippen molar-refractivity contribution in [3.63, 3.8) is 0 Å². The normalized spacial score (nSPS) is 23.9. The van der Waals surface area contributed by atoms with E-state index in [1.165, 1.54) is 19.3 Å². The Morgan fingerprint density at radius 2 is 2.00 bits per heavy atom. The number of ketones is 1. The highest BCUT2D eigenvalue weighted by Gasteiger charge is 2.27. The molecule has 0 bridgehead atoms. The lowest BCUT2D eigenvalue weighted by Gasteiger charge is -2.22. The molecule has 1 aliphatic carbocycles. The first-order chi connectivity index (χ1) is 6.77. The number of carbonyl (C=O) groups excluding carboxylic acids is 1. The van der Waals surface area contributed by atoms with Gasteiger partial charge in [0.25, 0.3) is 5.95 Å². The first-order valence-electron chi connectivity index (χ1n) is 5.00. The molecule has 1 saturated carbocycles. The predicted octanol–water partition coefficient (Wildman–Crippen LogP) is 2.50. The number of hydrogen-bond donors (Lipinski definition) is 0. The quantitative estimate of drug-likeness (QED) is 0.766. The molecule has 0 aromatic heterocycles. The summed E-state index contributed by atoms with van der Waals surface area (Å²) in [6, 6.07) is 0. The van der Waals surface area contributed by atoms with Crippen LogP contribution in [0.3, 0.4) is 0 Å². The minimum absolute atomic E-state index is 0.0317. The van der Waals surface area contributed by atoms with Crippen LogP contribution in [0.2, 0.25) is 0 Å². The molecule has 0 radical (unpaired) electrons. The maximum atomic E-state index is 11.1. The van der Waals surface area contributed by atoms with Crippen LogP contribution in [-0.4, -0.2) is 18.5 Å². The predicted molar refractivity (Wildman–Crippen MR) is 54.9 cm³/mol.